The minimum atomic E-state index is -0.510. The van der Waals surface area contributed by atoms with E-state index in [-0.39, 0.29) is 19.6 Å². The van der Waals surface area contributed by atoms with Gasteiger partial charge in [0.25, 0.3) is 11.8 Å². The van der Waals surface area contributed by atoms with Gasteiger partial charge < -0.3 is 4.74 Å². The van der Waals surface area contributed by atoms with Gasteiger partial charge in [-0.3, -0.25) is 19.2 Å². The number of amides is 2. The number of nitrogens with zero attached hydrogens (tertiary/aromatic N) is 1. The topological polar surface area (TPSA) is 72.9 Å². The van der Waals surface area contributed by atoms with Crippen molar-refractivity contribution in [2.45, 2.75) is 13.3 Å². The van der Waals surface area contributed by atoms with Gasteiger partial charge >= 0.3 is 5.97 Å². The van der Waals surface area contributed by atoms with E-state index in [9.17, 15) is 14.4 Å². The lowest BCUT2D eigenvalue weighted by Gasteiger charge is -2.12. The standard InChI is InChI=1S/C13H13NO5/c1-2-18-11(15)7-8-19-14-12(16)9-5-3-4-6-10(9)13(14)17/h3-6H,2,7-8H2,1H3. The lowest BCUT2D eigenvalue weighted by atomic mass is 10.1. The Morgan fingerprint density at radius 1 is 1.16 bits per heavy atom. The molecule has 1 heterocycles. The summed E-state index contributed by atoms with van der Waals surface area (Å²) in [5.74, 6) is -1.45. The molecule has 0 bridgehead atoms. The molecule has 0 aromatic heterocycles. The fourth-order valence-corrected chi connectivity index (χ4v) is 1.74. The minimum Gasteiger partial charge on any atom is -0.466 e. The van der Waals surface area contributed by atoms with Gasteiger partial charge in [-0.25, -0.2) is 0 Å². The van der Waals surface area contributed by atoms with E-state index < -0.39 is 17.8 Å². The molecule has 0 unspecified atom stereocenters. The summed E-state index contributed by atoms with van der Waals surface area (Å²) in [4.78, 5) is 39.9. The van der Waals surface area contributed by atoms with Gasteiger partial charge in [0.1, 0.15) is 0 Å². The third kappa shape index (κ3) is 2.63. The van der Waals surface area contributed by atoms with Crippen molar-refractivity contribution in [2.24, 2.45) is 0 Å². The molecule has 0 radical (unpaired) electrons. The second kappa shape index (κ2) is 5.62. The normalized spacial score (nSPS) is 13.6. The van der Waals surface area contributed by atoms with E-state index >= 15 is 0 Å². The molecule has 100 valence electrons. The smallest absolute Gasteiger partial charge is 0.308 e. The van der Waals surface area contributed by atoms with Crippen molar-refractivity contribution in [1.82, 2.24) is 5.06 Å². The molecule has 1 aliphatic heterocycles. The number of hydroxylamine groups is 2. The summed E-state index contributed by atoms with van der Waals surface area (Å²) in [7, 11) is 0. The number of fused-ring (bicyclic) bond motifs is 1. The van der Waals surface area contributed by atoms with Gasteiger partial charge in [-0.2, -0.15) is 0 Å². The van der Waals surface area contributed by atoms with Gasteiger partial charge in [-0.1, -0.05) is 12.1 Å². The summed E-state index contributed by atoms with van der Waals surface area (Å²) in [5, 5.41) is 0.684. The molecule has 1 aromatic carbocycles. The lowest BCUT2D eigenvalue weighted by molar-refractivity contribution is -0.148. The van der Waals surface area contributed by atoms with Crippen LogP contribution in [0, 0.1) is 0 Å². The Hall–Kier alpha value is -2.21. The molecule has 0 spiro atoms. The predicted molar refractivity (Wildman–Crippen MR) is 64.1 cm³/mol. The second-order valence-corrected chi connectivity index (χ2v) is 3.84. The maximum Gasteiger partial charge on any atom is 0.308 e. The van der Waals surface area contributed by atoms with Crippen LogP contribution in [0.2, 0.25) is 0 Å². The molecule has 1 aliphatic rings. The van der Waals surface area contributed by atoms with Crippen LogP contribution in [0.3, 0.4) is 0 Å². The number of esters is 1. The molecule has 0 saturated heterocycles. The molecule has 0 N–H and O–H groups in total. The Morgan fingerprint density at radius 3 is 2.26 bits per heavy atom. The van der Waals surface area contributed by atoms with Gasteiger partial charge in [-0.05, 0) is 19.1 Å². The molecule has 0 atom stereocenters. The molecular weight excluding hydrogens is 250 g/mol. The van der Waals surface area contributed by atoms with Crippen LogP contribution in [0.4, 0.5) is 0 Å². The summed E-state index contributed by atoms with van der Waals surface area (Å²) in [6.45, 7) is 1.90. The van der Waals surface area contributed by atoms with Crippen LogP contribution in [-0.4, -0.2) is 36.1 Å². The summed E-state index contributed by atoms with van der Waals surface area (Å²) >= 11 is 0. The van der Waals surface area contributed by atoms with Crippen molar-refractivity contribution in [2.75, 3.05) is 13.2 Å². The van der Waals surface area contributed by atoms with Crippen molar-refractivity contribution in [3.05, 3.63) is 35.4 Å². The number of ether oxygens (including phenoxy) is 1. The van der Waals surface area contributed by atoms with Gasteiger partial charge in [0.05, 0.1) is 30.8 Å². The number of hydrogen-bond acceptors (Lipinski definition) is 5. The van der Waals surface area contributed by atoms with E-state index in [1.807, 2.05) is 0 Å². The summed E-state index contributed by atoms with van der Waals surface area (Å²) < 4.78 is 4.71. The summed E-state index contributed by atoms with van der Waals surface area (Å²) in [6.07, 6.45) is -0.0127. The number of benzene rings is 1. The molecule has 6 nitrogen and oxygen atoms in total. The Bertz CT molecular complexity index is 491. The Labute approximate surface area is 109 Å². The first-order valence-corrected chi connectivity index (χ1v) is 5.91. The van der Waals surface area contributed by atoms with Gasteiger partial charge in [0.2, 0.25) is 0 Å². The fourth-order valence-electron chi connectivity index (χ4n) is 1.74. The van der Waals surface area contributed by atoms with E-state index in [1.165, 1.54) is 0 Å². The maximum atomic E-state index is 11.9. The molecule has 0 saturated carbocycles. The highest BCUT2D eigenvalue weighted by molar-refractivity contribution is 6.20. The number of carbonyl (C=O) groups excluding carboxylic acids is 3. The third-order valence-corrected chi connectivity index (χ3v) is 2.59. The maximum absolute atomic E-state index is 11.9. The molecule has 6 heteroatoms. The monoisotopic (exact) mass is 263 g/mol. The lowest BCUT2D eigenvalue weighted by Crippen LogP contribution is -2.31. The average molecular weight is 263 g/mol. The Balaban J connectivity index is 1.95. The highest BCUT2D eigenvalue weighted by Crippen LogP contribution is 2.22. The van der Waals surface area contributed by atoms with E-state index in [0.29, 0.717) is 16.2 Å². The number of hydrogen-bond donors (Lipinski definition) is 0. The fraction of sp³-hybridized carbons (Fsp3) is 0.308. The number of carbonyl (C=O) groups is 3. The second-order valence-electron chi connectivity index (χ2n) is 3.84. The van der Waals surface area contributed by atoms with E-state index in [1.54, 1.807) is 31.2 Å². The average Bonchev–Trinajstić information content (AvgIpc) is 2.65. The van der Waals surface area contributed by atoms with Crippen molar-refractivity contribution in [3.8, 4) is 0 Å². The van der Waals surface area contributed by atoms with Crippen molar-refractivity contribution < 1.29 is 24.0 Å². The molecule has 0 aliphatic carbocycles. The molecule has 1 aromatic rings. The Morgan fingerprint density at radius 2 is 1.74 bits per heavy atom. The van der Waals surface area contributed by atoms with Crippen LogP contribution in [0.15, 0.2) is 24.3 Å². The van der Waals surface area contributed by atoms with Crippen LogP contribution in [0.5, 0.6) is 0 Å². The summed E-state index contributed by atoms with van der Waals surface area (Å²) in [5.41, 5.74) is 0.618. The van der Waals surface area contributed by atoms with Gasteiger partial charge in [0, 0.05) is 0 Å². The van der Waals surface area contributed by atoms with E-state index in [2.05, 4.69) is 0 Å². The minimum absolute atomic E-state index is 0.0127. The number of imide groups is 1. The van der Waals surface area contributed by atoms with Crippen molar-refractivity contribution >= 4 is 17.8 Å². The van der Waals surface area contributed by atoms with Crippen LogP contribution in [0.25, 0.3) is 0 Å². The van der Waals surface area contributed by atoms with Crippen LogP contribution in [-0.2, 0) is 14.4 Å². The first-order chi connectivity index (χ1) is 9.15. The quantitative estimate of drug-likeness (QED) is 0.589. The van der Waals surface area contributed by atoms with Crippen molar-refractivity contribution in [1.29, 1.82) is 0 Å². The molecule has 2 rings (SSSR count). The SMILES string of the molecule is CCOC(=O)CCON1C(=O)c2ccccc2C1=O. The first kappa shape index (κ1) is 13.2. The zero-order valence-corrected chi connectivity index (χ0v) is 10.4. The largest absolute Gasteiger partial charge is 0.466 e. The van der Waals surface area contributed by atoms with E-state index in [4.69, 9.17) is 9.57 Å². The molecule has 2 amide bonds. The van der Waals surface area contributed by atoms with Crippen molar-refractivity contribution in [3.63, 3.8) is 0 Å². The molecule has 0 fully saturated rings. The summed E-state index contributed by atoms with van der Waals surface area (Å²) in [6, 6.07) is 6.47. The number of rotatable bonds is 5. The Kier molecular flexibility index (Phi) is 3.91. The predicted octanol–water partition coefficient (Wildman–Crippen LogP) is 1.17. The van der Waals surface area contributed by atoms with E-state index in [0.717, 1.165) is 0 Å². The zero-order chi connectivity index (χ0) is 13.8. The van der Waals surface area contributed by atoms with Crippen LogP contribution >= 0.6 is 0 Å². The highest BCUT2D eigenvalue weighted by atomic mass is 16.7. The van der Waals surface area contributed by atoms with Crippen LogP contribution in [0.1, 0.15) is 34.1 Å². The van der Waals surface area contributed by atoms with Gasteiger partial charge in [-0.15, -0.1) is 5.06 Å². The zero-order valence-electron chi connectivity index (χ0n) is 10.4. The first-order valence-electron chi connectivity index (χ1n) is 5.91. The van der Waals surface area contributed by atoms with Gasteiger partial charge in [0.15, 0.2) is 0 Å². The third-order valence-electron chi connectivity index (χ3n) is 2.59. The highest BCUT2D eigenvalue weighted by Gasteiger charge is 2.36. The van der Waals surface area contributed by atoms with Crippen LogP contribution < -0.4 is 0 Å². The molecular formula is C13H13NO5. The molecule has 19 heavy (non-hydrogen) atoms.